The Morgan fingerprint density at radius 3 is 2.67 bits per heavy atom. The molecular weight excluding hydrogens is 224 g/mol. The van der Waals surface area contributed by atoms with Crippen LogP contribution in [0.1, 0.15) is 39.0 Å². The van der Waals surface area contributed by atoms with Gasteiger partial charge in [0.15, 0.2) is 0 Å². The zero-order valence-electron chi connectivity index (χ0n) is 11.0. The summed E-state index contributed by atoms with van der Waals surface area (Å²) in [6.07, 6.45) is 20.5. The zero-order chi connectivity index (χ0) is 13.1. The predicted octanol–water partition coefficient (Wildman–Crippen LogP) is 4.11. The first kappa shape index (κ1) is 14.5. The van der Waals surface area contributed by atoms with E-state index in [2.05, 4.69) is 36.5 Å². The Kier molecular flexibility index (Phi) is 7.61. The van der Waals surface area contributed by atoms with Gasteiger partial charge in [0.1, 0.15) is 6.10 Å². The van der Waals surface area contributed by atoms with Crippen molar-refractivity contribution in [3.05, 3.63) is 48.6 Å². The molecule has 1 rings (SSSR count). The average molecular weight is 246 g/mol. The molecule has 0 amide bonds. The summed E-state index contributed by atoms with van der Waals surface area (Å²) in [5.41, 5.74) is 0. The van der Waals surface area contributed by atoms with E-state index in [-0.39, 0.29) is 12.1 Å². The maximum absolute atomic E-state index is 11.5. The molecule has 0 fully saturated rings. The highest BCUT2D eigenvalue weighted by molar-refractivity contribution is 5.69. The molecule has 0 aromatic carbocycles. The third kappa shape index (κ3) is 7.66. The van der Waals surface area contributed by atoms with Gasteiger partial charge in [0, 0.05) is 6.42 Å². The summed E-state index contributed by atoms with van der Waals surface area (Å²) in [4.78, 5) is 11.5. The van der Waals surface area contributed by atoms with Crippen LogP contribution in [0.5, 0.6) is 0 Å². The van der Waals surface area contributed by atoms with Gasteiger partial charge in [0.2, 0.25) is 0 Å². The van der Waals surface area contributed by atoms with Crippen LogP contribution in [0.4, 0.5) is 0 Å². The summed E-state index contributed by atoms with van der Waals surface area (Å²) >= 11 is 0. The van der Waals surface area contributed by atoms with E-state index < -0.39 is 0 Å². The summed E-state index contributed by atoms with van der Waals surface area (Å²) in [5.74, 6) is -0.126. The summed E-state index contributed by atoms with van der Waals surface area (Å²) in [5, 5.41) is 0. The standard InChI is InChI=1S/C16H22O2/c1-15-13-11-9-7-5-3-2-4-6-8-10-12-14-16(17)18-15/h2-5,8,10-11,13,15H,6-7,9,12,14H2,1H3. The Morgan fingerprint density at radius 2 is 1.78 bits per heavy atom. The second-order valence-corrected chi connectivity index (χ2v) is 4.30. The van der Waals surface area contributed by atoms with Gasteiger partial charge in [0.05, 0.1) is 0 Å². The van der Waals surface area contributed by atoms with Crippen molar-refractivity contribution < 1.29 is 9.53 Å². The van der Waals surface area contributed by atoms with Crippen LogP contribution in [0.3, 0.4) is 0 Å². The van der Waals surface area contributed by atoms with Gasteiger partial charge >= 0.3 is 5.97 Å². The first-order valence-electron chi connectivity index (χ1n) is 6.62. The molecule has 0 aromatic rings. The second-order valence-electron chi connectivity index (χ2n) is 4.30. The predicted molar refractivity (Wildman–Crippen MR) is 75.2 cm³/mol. The molecule has 1 aliphatic rings. The van der Waals surface area contributed by atoms with Gasteiger partial charge in [-0.1, -0.05) is 42.5 Å². The molecule has 0 aromatic heterocycles. The van der Waals surface area contributed by atoms with Crippen molar-refractivity contribution >= 4 is 5.97 Å². The molecular formula is C16H22O2. The van der Waals surface area contributed by atoms with Gasteiger partial charge in [-0.25, -0.2) is 0 Å². The molecule has 0 N–H and O–H groups in total. The molecule has 1 aliphatic heterocycles. The van der Waals surface area contributed by atoms with E-state index in [1.54, 1.807) is 0 Å². The van der Waals surface area contributed by atoms with Crippen LogP contribution in [-0.2, 0) is 9.53 Å². The number of cyclic esters (lactones) is 1. The van der Waals surface area contributed by atoms with Crippen LogP contribution in [0.15, 0.2) is 48.6 Å². The third-order valence-corrected chi connectivity index (χ3v) is 2.56. The van der Waals surface area contributed by atoms with Crippen molar-refractivity contribution in [2.24, 2.45) is 0 Å². The number of esters is 1. The quantitative estimate of drug-likeness (QED) is 0.475. The van der Waals surface area contributed by atoms with Crippen LogP contribution in [-0.4, -0.2) is 12.1 Å². The van der Waals surface area contributed by atoms with Gasteiger partial charge in [-0.2, -0.15) is 0 Å². The Bertz CT molecular complexity index is 348. The first-order chi connectivity index (χ1) is 8.79. The molecule has 2 heteroatoms. The van der Waals surface area contributed by atoms with Crippen molar-refractivity contribution in [3.8, 4) is 0 Å². The molecule has 1 heterocycles. The van der Waals surface area contributed by atoms with E-state index in [1.807, 2.05) is 19.1 Å². The summed E-state index contributed by atoms with van der Waals surface area (Å²) in [6.45, 7) is 1.89. The van der Waals surface area contributed by atoms with Crippen molar-refractivity contribution in [1.82, 2.24) is 0 Å². The van der Waals surface area contributed by atoms with Crippen LogP contribution < -0.4 is 0 Å². The van der Waals surface area contributed by atoms with Crippen LogP contribution in [0.25, 0.3) is 0 Å². The summed E-state index contributed by atoms with van der Waals surface area (Å²) < 4.78 is 5.26. The highest BCUT2D eigenvalue weighted by Crippen LogP contribution is 2.03. The fraction of sp³-hybridized carbons (Fsp3) is 0.438. The van der Waals surface area contributed by atoms with Gasteiger partial charge in [0.25, 0.3) is 0 Å². The Morgan fingerprint density at radius 1 is 1.00 bits per heavy atom. The number of hydrogen-bond donors (Lipinski definition) is 0. The van der Waals surface area contributed by atoms with E-state index in [4.69, 9.17) is 4.74 Å². The first-order valence-corrected chi connectivity index (χ1v) is 6.62. The lowest BCUT2D eigenvalue weighted by molar-refractivity contribution is -0.146. The molecule has 0 spiro atoms. The molecule has 1 unspecified atom stereocenters. The van der Waals surface area contributed by atoms with Crippen LogP contribution in [0, 0.1) is 0 Å². The monoisotopic (exact) mass is 246 g/mol. The molecule has 0 aliphatic carbocycles. The minimum atomic E-state index is -0.127. The minimum absolute atomic E-state index is 0.126. The number of rotatable bonds is 0. The number of carbonyl (C=O) groups is 1. The maximum Gasteiger partial charge on any atom is 0.306 e. The van der Waals surface area contributed by atoms with Gasteiger partial charge in [-0.3, -0.25) is 4.79 Å². The molecule has 0 bridgehead atoms. The molecule has 0 saturated carbocycles. The van der Waals surface area contributed by atoms with E-state index in [0.717, 1.165) is 25.7 Å². The van der Waals surface area contributed by atoms with E-state index in [1.165, 1.54) is 0 Å². The third-order valence-electron chi connectivity index (χ3n) is 2.56. The number of allylic oxidation sites excluding steroid dienone is 7. The van der Waals surface area contributed by atoms with E-state index >= 15 is 0 Å². The minimum Gasteiger partial charge on any atom is -0.458 e. The van der Waals surface area contributed by atoms with Crippen molar-refractivity contribution in [3.63, 3.8) is 0 Å². The molecule has 2 nitrogen and oxygen atoms in total. The number of carbonyl (C=O) groups excluding carboxylic acids is 1. The van der Waals surface area contributed by atoms with Crippen LogP contribution >= 0.6 is 0 Å². The molecule has 0 radical (unpaired) electrons. The smallest absolute Gasteiger partial charge is 0.306 e. The van der Waals surface area contributed by atoms with E-state index in [9.17, 15) is 4.79 Å². The SMILES string of the molecule is CC1C=CCCC=CC=CCC=CCCC(=O)O1. The van der Waals surface area contributed by atoms with Crippen molar-refractivity contribution in [2.45, 2.75) is 45.1 Å². The van der Waals surface area contributed by atoms with E-state index in [0.29, 0.717) is 6.42 Å². The Hall–Kier alpha value is -1.57. The highest BCUT2D eigenvalue weighted by atomic mass is 16.5. The van der Waals surface area contributed by atoms with Crippen molar-refractivity contribution in [2.75, 3.05) is 0 Å². The molecule has 1 atom stereocenters. The van der Waals surface area contributed by atoms with Gasteiger partial charge in [-0.15, -0.1) is 0 Å². The van der Waals surface area contributed by atoms with Crippen LogP contribution in [0.2, 0.25) is 0 Å². The molecule has 98 valence electrons. The number of hydrogen-bond acceptors (Lipinski definition) is 2. The fourth-order valence-electron chi connectivity index (χ4n) is 1.61. The maximum atomic E-state index is 11.5. The zero-order valence-corrected chi connectivity index (χ0v) is 11.0. The Balaban J connectivity index is 2.50. The summed E-state index contributed by atoms with van der Waals surface area (Å²) in [6, 6.07) is 0. The highest BCUT2D eigenvalue weighted by Gasteiger charge is 2.04. The molecule has 0 saturated heterocycles. The van der Waals surface area contributed by atoms with Gasteiger partial charge < -0.3 is 4.74 Å². The summed E-state index contributed by atoms with van der Waals surface area (Å²) in [7, 11) is 0. The lowest BCUT2D eigenvalue weighted by Crippen LogP contribution is -2.12. The Labute approximate surface area is 110 Å². The van der Waals surface area contributed by atoms with Gasteiger partial charge in [-0.05, 0) is 38.7 Å². The fourth-order valence-corrected chi connectivity index (χ4v) is 1.61. The largest absolute Gasteiger partial charge is 0.458 e. The average Bonchev–Trinajstić information content (AvgIpc) is 2.33. The number of ether oxygens (including phenoxy) is 1. The lowest BCUT2D eigenvalue weighted by atomic mass is 10.2. The molecule has 18 heavy (non-hydrogen) atoms. The van der Waals surface area contributed by atoms with Crippen molar-refractivity contribution in [1.29, 1.82) is 0 Å². The normalized spacial score (nSPS) is 22.9. The second kappa shape index (κ2) is 9.46. The topological polar surface area (TPSA) is 26.3 Å². The lowest BCUT2D eigenvalue weighted by Gasteiger charge is -2.08.